The van der Waals surface area contributed by atoms with E-state index in [2.05, 4.69) is 5.10 Å². The molecule has 7 heteroatoms. The lowest BCUT2D eigenvalue weighted by Crippen LogP contribution is -2.48. The van der Waals surface area contributed by atoms with Gasteiger partial charge in [0.15, 0.2) is 5.03 Å². The lowest BCUT2D eigenvalue weighted by atomic mass is 9.94. The highest BCUT2D eigenvalue weighted by atomic mass is 35.5. The molecule has 1 aliphatic heterocycles. The third-order valence-electron chi connectivity index (χ3n) is 3.81. The first-order valence-electron chi connectivity index (χ1n) is 6.64. The van der Waals surface area contributed by atoms with E-state index in [4.69, 9.17) is 11.6 Å². The molecule has 0 bridgehead atoms. The zero-order valence-electron chi connectivity index (χ0n) is 11.8. The van der Waals surface area contributed by atoms with E-state index in [9.17, 15) is 8.42 Å². The number of halogens is 1. The lowest BCUT2D eigenvalue weighted by molar-refractivity contribution is 0.262. The first-order chi connectivity index (χ1) is 9.89. The van der Waals surface area contributed by atoms with Crippen LogP contribution in [0.4, 0.5) is 0 Å². The number of hydrogen-bond donors (Lipinski definition) is 0. The molecule has 0 amide bonds. The van der Waals surface area contributed by atoms with Gasteiger partial charge in [-0.1, -0.05) is 23.7 Å². The van der Waals surface area contributed by atoms with Gasteiger partial charge in [0.05, 0.1) is 6.20 Å². The minimum Gasteiger partial charge on any atom is -0.256 e. The topological polar surface area (TPSA) is 55.2 Å². The van der Waals surface area contributed by atoms with Crippen molar-refractivity contribution in [3.63, 3.8) is 0 Å². The molecule has 0 spiro atoms. The van der Waals surface area contributed by atoms with Gasteiger partial charge in [0.1, 0.15) is 0 Å². The summed E-state index contributed by atoms with van der Waals surface area (Å²) in [6.07, 6.45) is 1.57. The van der Waals surface area contributed by atoms with E-state index in [1.807, 2.05) is 24.3 Å². The van der Waals surface area contributed by atoms with Crippen molar-refractivity contribution in [2.75, 3.05) is 13.1 Å². The highest BCUT2D eigenvalue weighted by molar-refractivity contribution is 7.89. The fourth-order valence-corrected chi connectivity index (χ4v) is 4.67. The summed E-state index contributed by atoms with van der Waals surface area (Å²) < 4.78 is 28.1. The third kappa shape index (κ3) is 2.47. The average Bonchev–Trinajstić information content (AvgIpc) is 2.67. The first-order valence-corrected chi connectivity index (χ1v) is 8.45. The Labute approximate surface area is 129 Å². The molecule has 0 saturated carbocycles. The van der Waals surface area contributed by atoms with Crippen LogP contribution >= 0.6 is 11.6 Å². The number of aromatic nitrogens is 2. The van der Waals surface area contributed by atoms with Crippen LogP contribution in [0.3, 0.4) is 0 Å². The Balaban J connectivity index is 1.80. The second-order valence-electron chi connectivity index (χ2n) is 5.33. The largest absolute Gasteiger partial charge is 0.260 e. The SMILES string of the molecule is Cc1cnn(C)c1S(=O)(=O)N1CC(c2cccc(Cl)c2)C1. The third-order valence-corrected chi connectivity index (χ3v) is 6.10. The predicted molar refractivity (Wildman–Crippen MR) is 80.9 cm³/mol. The molecule has 5 nitrogen and oxygen atoms in total. The monoisotopic (exact) mass is 325 g/mol. The molecule has 1 aromatic carbocycles. The van der Waals surface area contributed by atoms with Gasteiger partial charge in [0, 0.05) is 36.6 Å². The Bertz CT molecular complexity index is 760. The maximum atomic E-state index is 12.6. The predicted octanol–water partition coefficient (Wildman–Crippen LogP) is 2.17. The van der Waals surface area contributed by atoms with Crippen LogP contribution in [0.25, 0.3) is 0 Å². The summed E-state index contributed by atoms with van der Waals surface area (Å²) in [6.45, 7) is 2.72. The van der Waals surface area contributed by atoms with Gasteiger partial charge >= 0.3 is 0 Å². The molecule has 1 aliphatic rings. The van der Waals surface area contributed by atoms with Crippen LogP contribution in [-0.4, -0.2) is 35.6 Å². The molecule has 1 saturated heterocycles. The Morgan fingerprint density at radius 1 is 1.33 bits per heavy atom. The number of sulfonamides is 1. The van der Waals surface area contributed by atoms with Crippen molar-refractivity contribution in [2.45, 2.75) is 17.9 Å². The molecule has 112 valence electrons. The van der Waals surface area contributed by atoms with E-state index in [0.29, 0.717) is 23.7 Å². The van der Waals surface area contributed by atoms with Gasteiger partial charge < -0.3 is 0 Å². The molecule has 2 heterocycles. The molecule has 3 rings (SSSR count). The Morgan fingerprint density at radius 3 is 2.62 bits per heavy atom. The zero-order valence-corrected chi connectivity index (χ0v) is 13.4. The summed E-state index contributed by atoms with van der Waals surface area (Å²) in [5.41, 5.74) is 1.75. The number of hydrogen-bond acceptors (Lipinski definition) is 3. The van der Waals surface area contributed by atoms with Gasteiger partial charge in [-0.05, 0) is 24.6 Å². The number of rotatable bonds is 3. The lowest BCUT2D eigenvalue weighted by Gasteiger charge is -2.38. The van der Waals surface area contributed by atoms with Gasteiger partial charge in [-0.2, -0.15) is 9.40 Å². The van der Waals surface area contributed by atoms with Crippen LogP contribution in [0.1, 0.15) is 17.0 Å². The fraction of sp³-hybridized carbons (Fsp3) is 0.357. The highest BCUT2D eigenvalue weighted by Crippen LogP contribution is 2.33. The molecule has 0 unspecified atom stereocenters. The second kappa shape index (κ2) is 5.12. The van der Waals surface area contributed by atoms with E-state index >= 15 is 0 Å². The molecule has 0 aliphatic carbocycles. The first kappa shape index (κ1) is 14.6. The summed E-state index contributed by atoms with van der Waals surface area (Å²) >= 11 is 5.98. The Hall–Kier alpha value is -1.37. The molecular formula is C14H16ClN3O2S. The van der Waals surface area contributed by atoms with E-state index in [1.165, 1.54) is 8.99 Å². The molecule has 0 atom stereocenters. The van der Waals surface area contributed by atoms with Crippen LogP contribution in [-0.2, 0) is 17.1 Å². The standard InChI is InChI=1S/C14H16ClN3O2S/c1-10-7-16-17(2)14(10)21(19,20)18-8-12(9-18)11-4-3-5-13(15)6-11/h3-7,12H,8-9H2,1-2H3. The second-order valence-corrected chi connectivity index (χ2v) is 7.62. The van der Waals surface area contributed by atoms with Gasteiger partial charge in [-0.25, -0.2) is 8.42 Å². The van der Waals surface area contributed by atoms with Crippen molar-refractivity contribution < 1.29 is 8.42 Å². The average molecular weight is 326 g/mol. The highest BCUT2D eigenvalue weighted by Gasteiger charge is 2.39. The molecule has 2 aromatic rings. The van der Waals surface area contributed by atoms with Crippen molar-refractivity contribution in [2.24, 2.45) is 7.05 Å². The van der Waals surface area contributed by atoms with Crippen LogP contribution < -0.4 is 0 Å². The molecule has 21 heavy (non-hydrogen) atoms. The van der Waals surface area contributed by atoms with E-state index in [-0.39, 0.29) is 10.9 Å². The van der Waals surface area contributed by atoms with Gasteiger partial charge in [-0.15, -0.1) is 0 Å². The van der Waals surface area contributed by atoms with Crippen molar-refractivity contribution in [3.05, 3.63) is 46.6 Å². The van der Waals surface area contributed by atoms with Crippen LogP contribution in [0.15, 0.2) is 35.5 Å². The van der Waals surface area contributed by atoms with Crippen molar-refractivity contribution >= 4 is 21.6 Å². The van der Waals surface area contributed by atoms with Crippen molar-refractivity contribution in [1.29, 1.82) is 0 Å². The van der Waals surface area contributed by atoms with Crippen molar-refractivity contribution in [3.8, 4) is 0 Å². The van der Waals surface area contributed by atoms with E-state index in [1.54, 1.807) is 20.2 Å². The summed E-state index contributed by atoms with van der Waals surface area (Å²) in [7, 11) is -1.82. The minimum absolute atomic E-state index is 0.201. The summed E-state index contributed by atoms with van der Waals surface area (Å²) in [5.74, 6) is 0.201. The molecule has 1 aromatic heterocycles. The smallest absolute Gasteiger partial charge is 0.256 e. The maximum absolute atomic E-state index is 12.6. The molecule has 0 N–H and O–H groups in total. The summed E-state index contributed by atoms with van der Waals surface area (Å²) in [4.78, 5) is 0. The fourth-order valence-electron chi connectivity index (χ4n) is 2.63. The normalized spacial score (nSPS) is 16.9. The quantitative estimate of drug-likeness (QED) is 0.869. The number of nitrogens with zero attached hydrogens (tertiary/aromatic N) is 3. The van der Waals surface area contributed by atoms with Gasteiger partial charge in [0.2, 0.25) is 0 Å². The Morgan fingerprint density at radius 2 is 2.05 bits per heavy atom. The molecular weight excluding hydrogens is 310 g/mol. The zero-order chi connectivity index (χ0) is 15.2. The summed E-state index contributed by atoms with van der Waals surface area (Å²) in [5, 5.41) is 4.95. The molecule has 1 fully saturated rings. The van der Waals surface area contributed by atoms with Gasteiger partial charge in [-0.3, -0.25) is 4.68 Å². The van der Waals surface area contributed by atoms with Crippen LogP contribution in [0.2, 0.25) is 5.02 Å². The van der Waals surface area contributed by atoms with E-state index in [0.717, 1.165) is 5.56 Å². The van der Waals surface area contributed by atoms with Crippen LogP contribution in [0.5, 0.6) is 0 Å². The number of benzene rings is 1. The van der Waals surface area contributed by atoms with Gasteiger partial charge in [0.25, 0.3) is 10.0 Å². The molecule has 0 radical (unpaired) electrons. The van der Waals surface area contributed by atoms with Crippen LogP contribution in [0, 0.1) is 6.92 Å². The Kier molecular flexibility index (Phi) is 3.55. The summed E-state index contributed by atoms with van der Waals surface area (Å²) in [6, 6.07) is 7.58. The van der Waals surface area contributed by atoms with Crippen molar-refractivity contribution in [1.82, 2.24) is 14.1 Å². The maximum Gasteiger partial charge on any atom is 0.260 e. The minimum atomic E-state index is -3.47. The van der Waals surface area contributed by atoms with E-state index < -0.39 is 10.0 Å². The number of aryl methyl sites for hydroxylation is 2.